The topological polar surface area (TPSA) is 61.7 Å². The van der Waals surface area contributed by atoms with Gasteiger partial charge in [-0.2, -0.15) is 0 Å². The highest BCUT2D eigenvalue weighted by molar-refractivity contribution is 5.41. The quantitative estimate of drug-likeness (QED) is 0.677. The highest BCUT2D eigenvalue weighted by Gasteiger charge is 2.13. The molecule has 0 saturated heterocycles. The molecule has 0 aliphatic heterocycles. The van der Waals surface area contributed by atoms with E-state index in [1.807, 2.05) is 19.1 Å². The molecular formula is C15H25NO3. The number of hydrogen-bond donors (Lipinski definition) is 3. The summed E-state index contributed by atoms with van der Waals surface area (Å²) in [6.07, 6.45) is 1.85. The normalized spacial score (nSPS) is 14.1. The number of benzene rings is 1. The van der Waals surface area contributed by atoms with Crippen LogP contribution in [-0.2, 0) is 0 Å². The van der Waals surface area contributed by atoms with Crippen molar-refractivity contribution in [1.29, 1.82) is 0 Å². The van der Waals surface area contributed by atoms with Crippen molar-refractivity contribution in [2.75, 3.05) is 20.3 Å². The van der Waals surface area contributed by atoms with E-state index >= 15 is 0 Å². The van der Waals surface area contributed by atoms with Crippen LogP contribution in [0.5, 0.6) is 11.5 Å². The van der Waals surface area contributed by atoms with Crippen LogP contribution in [0.1, 0.15) is 38.3 Å². The summed E-state index contributed by atoms with van der Waals surface area (Å²) in [4.78, 5) is 0. The molecule has 2 unspecified atom stereocenters. The number of phenolic OH excluding ortho intramolecular Hbond substituents is 1. The average Bonchev–Trinajstić information content (AvgIpc) is 2.42. The van der Waals surface area contributed by atoms with Crippen molar-refractivity contribution in [3.63, 3.8) is 0 Å². The van der Waals surface area contributed by atoms with Crippen LogP contribution >= 0.6 is 0 Å². The van der Waals surface area contributed by atoms with E-state index in [0.717, 1.165) is 24.9 Å². The van der Waals surface area contributed by atoms with Gasteiger partial charge in [-0.25, -0.2) is 0 Å². The molecule has 0 bridgehead atoms. The second-order valence-corrected chi connectivity index (χ2v) is 4.84. The molecule has 4 nitrogen and oxygen atoms in total. The van der Waals surface area contributed by atoms with Crippen LogP contribution in [0.15, 0.2) is 18.2 Å². The highest BCUT2D eigenvalue weighted by Crippen LogP contribution is 2.28. The Morgan fingerprint density at radius 3 is 2.63 bits per heavy atom. The van der Waals surface area contributed by atoms with Gasteiger partial charge in [0.05, 0.1) is 7.11 Å². The molecule has 0 aromatic heterocycles. The van der Waals surface area contributed by atoms with Crippen LogP contribution in [0.3, 0.4) is 0 Å². The van der Waals surface area contributed by atoms with Gasteiger partial charge in [0.15, 0.2) is 0 Å². The smallest absolute Gasteiger partial charge is 0.124 e. The molecule has 0 radical (unpaired) electrons. The molecule has 0 saturated carbocycles. The summed E-state index contributed by atoms with van der Waals surface area (Å²) in [6.45, 7) is 5.21. The molecule has 3 N–H and O–H groups in total. The Labute approximate surface area is 115 Å². The average molecular weight is 267 g/mol. The first-order valence-corrected chi connectivity index (χ1v) is 6.83. The van der Waals surface area contributed by atoms with Gasteiger partial charge in [0, 0.05) is 24.3 Å². The SMILES string of the molecule is CCC(CCO)CNC(C)c1ccc(OC)cc1O. The summed E-state index contributed by atoms with van der Waals surface area (Å²) in [7, 11) is 1.58. The van der Waals surface area contributed by atoms with Crippen molar-refractivity contribution in [3.8, 4) is 11.5 Å². The maximum atomic E-state index is 9.96. The van der Waals surface area contributed by atoms with Crippen molar-refractivity contribution >= 4 is 0 Å². The van der Waals surface area contributed by atoms with Gasteiger partial charge in [0.25, 0.3) is 0 Å². The van der Waals surface area contributed by atoms with Crippen molar-refractivity contribution in [2.24, 2.45) is 5.92 Å². The van der Waals surface area contributed by atoms with Gasteiger partial charge < -0.3 is 20.3 Å². The van der Waals surface area contributed by atoms with E-state index in [-0.39, 0.29) is 18.4 Å². The van der Waals surface area contributed by atoms with Crippen LogP contribution in [0.2, 0.25) is 0 Å². The highest BCUT2D eigenvalue weighted by atomic mass is 16.5. The van der Waals surface area contributed by atoms with Crippen LogP contribution in [0, 0.1) is 5.92 Å². The number of ether oxygens (including phenoxy) is 1. The Bertz CT molecular complexity index is 382. The number of rotatable bonds is 8. The summed E-state index contributed by atoms with van der Waals surface area (Å²) < 4.78 is 5.07. The number of nitrogens with one attached hydrogen (secondary N) is 1. The summed E-state index contributed by atoms with van der Waals surface area (Å²) in [6, 6.07) is 5.41. The Morgan fingerprint density at radius 2 is 2.11 bits per heavy atom. The second kappa shape index (κ2) is 8.02. The molecule has 0 fully saturated rings. The van der Waals surface area contributed by atoms with Gasteiger partial charge >= 0.3 is 0 Å². The van der Waals surface area contributed by atoms with E-state index in [9.17, 15) is 5.11 Å². The first-order valence-electron chi connectivity index (χ1n) is 6.83. The van der Waals surface area contributed by atoms with Crippen molar-refractivity contribution in [2.45, 2.75) is 32.7 Å². The molecular weight excluding hydrogens is 242 g/mol. The molecule has 19 heavy (non-hydrogen) atoms. The van der Waals surface area contributed by atoms with Crippen molar-refractivity contribution < 1.29 is 14.9 Å². The van der Waals surface area contributed by atoms with E-state index in [1.54, 1.807) is 13.2 Å². The molecule has 108 valence electrons. The maximum absolute atomic E-state index is 9.96. The predicted octanol–water partition coefficient (Wildman–Crippen LogP) is 2.46. The first-order chi connectivity index (χ1) is 9.12. The van der Waals surface area contributed by atoms with Crippen LogP contribution in [0.25, 0.3) is 0 Å². The molecule has 2 atom stereocenters. The van der Waals surface area contributed by atoms with E-state index in [0.29, 0.717) is 11.7 Å². The third kappa shape index (κ3) is 4.73. The lowest BCUT2D eigenvalue weighted by atomic mass is 10.0. The molecule has 1 rings (SSSR count). The lowest BCUT2D eigenvalue weighted by molar-refractivity contribution is 0.249. The fraction of sp³-hybridized carbons (Fsp3) is 0.600. The standard InChI is InChI=1S/C15H25NO3/c1-4-12(7-8-17)10-16-11(2)14-6-5-13(19-3)9-15(14)18/h5-6,9,11-12,16-18H,4,7-8,10H2,1-3H3. The largest absolute Gasteiger partial charge is 0.507 e. The van der Waals surface area contributed by atoms with Gasteiger partial charge in [-0.1, -0.05) is 19.4 Å². The zero-order valence-corrected chi connectivity index (χ0v) is 12.0. The fourth-order valence-electron chi connectivity index (χ4n) is 2.10. The molecule has 1 aromatic rings. The van der Waals surface area contributed by atoms with Gasteiger partial charge in [-0.05, 0) is 31.9 Å². The molecule has 4 heteroatoms. The Balaban J connectivity index is 2.60. The monoisotopic (exact) mass is 267 g/mol. The van der Waals surface area contributed by atoms with Gasteiger partial charge in [0.2, 0.25) is 0 Å². The predicted molar refractivity (Wildman–Crippen MR) is 76.6 cm³/mol. The number of phenols is 1. The number of methoxy groups -OCH3 is 1. The number of aliphatic hydroxyl groups is 1. The van der Waals surface area contributed by atoms with E-state index in [2.05, 4.69) is 12.2 Å². The molecule has 1 aromatic carbocycles. The van der Waals surface area contributed by atoms with Gasteiger partial charge in [-0.15, -0.1) is 0 Å². The summed E-state index contributed by atoms with van der Waals surface area (Å²) in [5.74, 6) is 1.36. The van der Waals surface area contributed by atoms with Crippen LogP contribution < -0.4 is 10.1 Å². The minimum absolute atomic E-state index is 0.0682. The van der Waals surface area contributed by atoms with Crippen LogP contribution in [0.4, 0.5) is 0 Å². The summed E-state index contributed by atoms with van der Waals surface area (Å²) in [5.41, 5.74) is 0.861. The molecule has 0 heterocycles. The van der Waals surface area contributed by atoms with E-state index < -0.39 is 0 Å². The third-order valence-corrected chi connectivity index (χ3v) is 3.53. The van der Waals surface area contributed by atoms with Crippen molar-refractivity contribution in [3.05, 3.63) is 23.8 Å². The minimum atomic E-state index is 0.0682. The Kier molecular flexibility index (Phi) is 6.67. The summed E-state index contributed by atoms with van der Waals surface area (Å²) >= 11 is 0. The second-order valence-electron chi connectivity index (χ2n) is 4.84. The summed E-state index contributed by atoms with van der Waals surface area (Å²) in [5, 5.41) is 22.3. The number of aromatic hydroxyl groups is 1. The van der Waals surface area contributed by atoms with Gasteiger partial charge in [-0.3, -0.25) is 0 Å². The minimum Gasteiger partial charge on any atom is -0.507 e. The molecule has 0 amide bonds. The third-order valence-electron chi connectivity index (χ3n) is 3.53. The maximum Gasteiger partial charge on any atom is 0.124 e. The van der Waals surface area contributed by atoms with Crippen molar-refractivity contribution in [1.82, 2.24) is 5.32 Å². The lowest BCUT2D eigenvalue weighted by Crippen LogP contribution is -2.26. The molecule has 0 aliphatic rings. The van der Waals surface area contributed by atoms with E-state index in [1.165, 1.54) is 0 Å². The molecule has 0 aliphatic carbocycles. The Morgan fingerprint density at radius 1 is 1.37 bits per heavy atom. The number of hydrogen-bond acceptors (Lipinski definition) is 4. The van der Waals surface area contributed by atoms with E-state index in [4.69, 9.17) is 9.84 Å². The fourth-order valence-corrected chi connectivity index (χ4v) is 2.10. The zero-order valence-electron chi connectivity index (χ0n) is 12.0. The zero-order chi connectivity index (χ0) is 14.3. The molecule has 0 spiro atoms. The lowest BCUT2D eigenvalue weighted by Gasteiger charge is -2.20. The Hall–Kier alpha value is -1.26. The first kappa shape index (κ1) is 15.8. The number of aliphatic hydroxyl groups excluding tert-OH is 1. The van der Waals surface area contributed by atoms with Crippen LogP contribution in [-0.4, -0.2) is 30.5 Å². The van der Waals surface area contributed by atoms with Gasteiger partial charge in [0.1, 0.15) is 11.5 Å².